The number of piperazine rings is 1. The highest BCUT2D eigenvalue weighted by Crippen LogP contribution is 2.20. The normalized spacial score (nSPS) is 14.7. The molecule has 3 N–H and O–H groups in total. The van der Waals surface area contributed by atoms with Crippen molar-refractivity contribution < 1.29 is 27.7 Å². The lowest BCUT2D eigenvalue weighted by molar-refractivity contribution is -0.384. The molecule has 0 radical (unpaired) electrons. The summed E-state index contributed by atoms with van der Waals surface area (Å²) in [4.78, 5) is 38.5. The summed E-state index contributed by atoms with van der Waals surface area (Å²) in [5.74, 6) is -0.789. The van der Waals surface area contributed by atoms with Gasteiger partial charge in [0.15, 0.2) is 0 Å². The quantitative estimate of drug-likeness (QED) is 0.224. The van der Waals surface area contributed by atoms with Crippen LogP contribution in [0.15, 0.2) is 47.4 Å². The van der Waals surface area contributed by atoms with E-state index >= 15 is 0 Å². The molecular weight excluding hydrogens is 552 g/mol. The third-order valence-corrected chi connectivity index (χ3v) is 7.90. The molecule has 1 aromatic heterocycles. The molecule has 1 aliphatic heterocycles. The molecule has 3 aromatic rings. The molecular formula is C22H26N8O7S2. The fourth-order valence-electron chi connectivity index (χ4n) is 3.86. The summed E-state index contributed by atoms with van der Waals surface area (Å²) in [7, 11) is -4.03. The highest BCUT2D eigenvalue weighted by atomic mass is 32.2. The Morgan fingerprint density at radius 1 is 1.03 bits per heavy atom. The van der Waals surface area contributed by atoms with E-state index in [0.717, 1.165) is 43.5 Å². The zero-order valence-electron chi connectivity index (χ0n) is 20.6. The Morgan fingerprint density at radius 3 is 2.46 bits per heavy atom. The average Bonchev–Trinajstić information content (AvgIpc) is 3.41. The second kappa shape index (κ2) is 12.9. The molecule has 0 aliphatic carbocycles. The molecule has 0 spiro atoms. The van der Waals surface area contributed by atoms with Crippen LogP contribution >= 0.6 is 11.7 Å². The molecule has 39 heavy (non-hydrogen) atoms. The third-order valence-electron chi connectivity index (χ3n) is 5.92. The summed E-state index contributed by atoms with van der Waals surface area (Å²) in [5.41, 5.74) is 5.88. The Bertz CT molecular complexity index is 1420. The summed E-state index contributed by atoms with van der Waals surface area (Å²) in [6.45, 7) is 3.80. The standard InChI is InChI=1S/C22H26N8O7S2/c31-20(14-23-39(35,36)19-3-1-2-18-21(19)27-38-26-18)24-25-22(32)37-13-12-28-8-10-29(11-9-28)15-16-4-6-17(7-5-16)30(33)34/h1-7,23H,8-15H2,(H,24,31)(H,25,32). The molecule has 2 heterocycles. The molecule has 0 unspecified atom stereocenters. The van der Waals surface area contributed by atoms with E-state index in [1.807, 2.05) is 0 Å². The molecule has 15 nitrogen and oxygen atoms in total. The van der Waals surface area contributed by atoms with E-state index in [4.69, 9.17) is 4.74 Å². The van der Waals surface area contributed by atoms with Gasteiger partial charge in [0.2, 0.25) is 10.0 Å². The number of amides is 2. The first-order valence-electron chi connectivity index (χ1n) is 11.8. The Labute approximate surface area is 227 Å². The number of rotatable bonds is 10. The summed E-state index contributed by atoms with van der Waals surface area (Å²) in [5, 5.41) is 10.8. The van der Waals surface area contributed by atoms with Gasteiger partial charge in [-0.25, -0.2) is 23.4 Å². The number of ether oxygens (including phenoxy) is 1. The molecule has 1 aliphatic rings. The number of fused-ring (bicyclic) bond motifs is 1. The van der Waals surface area contributed by atoms with Gasteiger partial charge in [-0.15, -0.1) is 0 Å². The van der Waals surface area contributed by atoms with E-state index in [0.29, 0.717) is 18.6 Å². The molecule has 0 atom stereocenters. The van der Waals surface area contributed by atoms with Gasteiger partial charge in [-0.1, -0.05) is 18.2 Å². The van der Waals surface area contributed by atoms with Crippen LogP contribution in [-0.2, 0) is 26.1 Å². The van der Waals surface area contributed by atoms with Gasteiger partial charge in [0, 0.05) is 51.4 Å². The van der Waals surface area contributed by atoms with Crippen molar-refractivity contribution in [2.45, 2.75) is 11.4 Å². The number of sulfonamides is 1. The fraction of sp³-hybridized carbons (Fsp3) is 0.364. The molecule has 1 saturated heterocycles. The molecule has 1 fully saturated rings. The third kappa shape index (κ3) is 7.87. The molecule has 2 amide bonds. The summed E-state index contributed by atoms with van der Waals surface area (Å²) in [6, 6.07) is 11.0. The number of non-ortho nitro benzene ring substituents is 1. The van der Waals surface area contributed by atoms with Crippen LogP contribution in [0.25, 0.3) is 11.0 Å². The molecule has 208 valence electrons. The van der Waals surface area contributed by atoms with Crippen molar-refractivity contribution in [3.8, 4) is 0 Å². The van der Waals surface area contributed by atoms with Crippen LogP contribution < -0.4 is 15.6 Å². The number of benzene rings is 2. The number of carbonyl (C=O) groups is 2. The Hall–Kier alpha value is -3.77. The topological polar surface area (TPSA) is 189 Å². The minimum Gasteiger partial charge on any atom is -0.447 e. The predicted octanol–water partition coefficient (Wildman–Crippen LogP) is 0.453. The zero-order valence-corrected chi connectivity index (χ0v) is 22.2. The smallest absolute Gasteiger partial charge is 0.426 e. The molecule has 0 bridgehead atoms. The Balaban J connectivity index is 1.09. The fourth-order valence-corrected chi connectivity index (χ4v) is 5.60. The zero-order chi connectivity index (χ0) is 27.8. The maximum absolute atomic E-state index is 12.5. The largest absolute Gasteiger partial charge is 0.447 e. The highest BCUT2D eigenvalue weighted by molar-refractivity contribution is 7.89. The van der Waals surface area contributed by atoms with Crippen LogP contribution in [0.4, 0.5) is 10.5 Å². The van der Waals surface area contributed by atoms with Crippen molar-refractivity contribution in [2.75, 3.05) is 45.9 Å². The molecule has 2 aromatic carbocycles. The van der Waals surface area contributed by atoms with Crippen molar-refractivity contribution in [1.82, 2.24) is 34.1 Å². The number of hydrazine groups is 1. The van der Waals surface area contributed by atoms with Crippen molar-refractivity contribution in [2.24, 2.45) is 0 Å². The van der Waals surface area contributed by atoms with E-state index in [1.54, 1.807) is 18.2 Å². The van der Waals surface area contributed by atoms with Crippen molar-refractivity contribution >= 4 is 50.5 Å². The van der Waals surface area contributed by atoms with Gasteiger partial charge >= 0.3 is 6.09 Å². The van der Waals surface area contributed by atoms with E-state index in [9.17, 15) is 28.1 Å². The van der Waals surface area contributed by atoms with Crippen LogP contribution in [-0.4, -0.2) is 89.8 Å². The van der Waals surface area contributed by atoms with Gasteiger partial charge in [0.1, 0.15) is 22.5 Å². The number of nitrogens with zero attached hydrogens (tertiary/aromatic N) is 5. The number of carbonyl (C=O) groups excluding carboxylic acids is 2. The van der Waals surface area contributed by atoms with Gasteiger partial charge in [-0.05, 0) is 17.7 Å². The number of nitrogens with one attached hydrogen (secondary N) is 3. The monoisotopic (exact) mass is 578 g/mol. The summed E-state index contributed by atoms with van der Waals surface area (Å²) < 4.78 is 40.3. The van der Waals surface area contributed by atoms with Gasteiger partial charge in [-0.2, -0.15) is 8.75 Å². The number of hydrogen-bond donors (Lipinski definition) is 3. The minimum absolute atomic E-state index is 0.0652. The van der Waals surface area contributed by atoms with Crippen molar-refractivity contribution in [3.05, 3.63) is 58.1 Å². The SMILES string of the molecule is O=C(CNS(=O)(=O)c1cccc2nsnc12)NNC(=O)OCCN1CCN(Cc2ccc([N+](=O)[O-])cc2)CC1. The number of hydrogen-bond acceptors (Lipinski definition) is 12. The second-order valence-electron chi connectivity index (χ2n) is 8.56. The first kappa shape index (κ1) is 28.2. The second-order valence-corrected chi connectivity index (χ2v) is 10.8. The van der Waals surface area contributed by atoms with Gasteiger partial charge in [0.05, 0.1) is 23.2 Å². The maximum Gasteiger partial charge on any atom is 0.426 e. The molecule has 0 saturated carbocycles. The first-order chi connectivity index (χ1) is 18.7. The van der Waals surface area contributed by atoms with Gasteiger partial charge in [-0.3, -0.25) is 30.1 Å². The van der Waals surface area contributed by atoms with Crippen molar-refractivity contribution in [3.63, 3.8) is 0 Å². The molecule has 4 rings (SSSR count). The van der Waals surface area contributed by atoms with Crippen LogP contribution in [0.3, 0.4) is 0 Å². The van der Waals surface area contributed by atoms with E-state index in [-0.39, 0.29) is 22.7 Å². The minimum atomic E-state index is -4.03. The maximum atomic E-state index is 12.5. The highest BCUT2D eigenvalue weighted by Gasteiger charge is 2.21. The van der Waals surface area contributed by atoms with E-state index in [1.165, 1.54) is 24.3 Å². The Kier molecular flexibility index (Phi) is 9.31. The predicted molar refractivity (Wildman–Crippen MR) is 140 cm³/mol. The number of nitro groups is 1. The van der Waals surface area contributed by atoms with E-state index in [2.05, 4.69) is 34.1 Å². The van der Waals surface area contributed by atoms with E-state index < -0.39 is 33.5 Å². The van der Waals surface area contributed by atoms with Gasteiger partial charge in [0.25, 0.3) is 11.6 Å². The summed E-state index contributed by atoms with van der Waals surface area (Å²) >= 11 is 0.880. The summed E-state index contributed by atoms with van der Waals surface area (Å²) in [6.07, 6.45) is -0.874. The number of nitro benzene ring substituents is 1. The van der Waals surface area contributed by atoms with Gasteiger partial charge < -0.3 is 4.74 Å². The first-order valence-corrected chi connectivity index (χ1v) is 14.0. The number of aromatic nitrogens is 2. The van der Waals surface area contributed by atoms with Crippen LogP contribution in [0.1, 0.15) is 5.56 Å². The Morgan fingerprint density at radius 2 is 1.74 bits per heavy atom. The molecule has 17 heteroatoms. The lowest BCUT2D eigenvalue weighted by Gasteiger charge is -2.34. The van der Waals surface area contributed by atoms with Crippen LogP contribution in [0.5, 0.6) is 0 Å². The average molecular weight is 579 g/mol. The lowest BCUT2D eigenvalue weighted by Crippen LogP contribution is -2.48. The van der Waals surface area contributed by atoms with Crippen molar-refractivity contribution in [1.29, 1.82) is 0 Å². The van der Waals surface area contributed by atoms with Crippen LogP contribution in [0.2, 0.25) is 0 Å². The van der Waals surface area contributed by atoms with Crippen LogP contribution in [0, 0.1) is 10.1 Å². The lowest BCUT2D eigenvalue weighted by atomic mass is 10.2.